The maximum absolute atomic E-state index is 13.8. The highest BCUT2D eigenvalue weighted by Crippen LogP contribution is 2.27. The van der Waals surface area contributed by atoms with Gasteiger partial charge in [-0.3, -0.25) is 19.4 Å². The fourth-order valence-corrected chi connectivity index (χ4v) is 6.61. The standard InChI is InChI=1S/C46H48Cl2N4O4/c1-3-5-29-55-39-23-15-35(16-24-39)43-49-41(31-33-11-19-37(47)20-12-33)45(53)51(43)27-9-7-8-10-28-52-44(36-17-25-40(26-18-36)56-30-6-4-2)50-42(46(52)54)32-34-13-21-38(48)22-14-34/h11-26,31-32H,3-10,27-30H2,1-2H3/b41-31-,42-32+. The SMILES string of the molecule is CCCCOc1ccc(C2=N/C(=C\c3ccc(Cl)cc3)C(=O)N2CCCCCCN2C(=O)/C(=C\c3ccc(Cl)cc3)N=C2c2ccc(OCCCC)cc2)cc1. The van der Waals surface area contributed by atoms with Gasteiger partial charge >= 0.3 is 0 Å². The van der Waals surface area contributed by atoms with Crippen molar-refractivity contribution < 1.29 is 19.1 Å². The van der Waals surface area contributed by atoms with E-state index < -0.39 is 0 Å². The minimum atomic E-state index is -0.136. The molecule has 10 heteroatoms. The predicted molar refractivity (Wildman–Crippen MR) is 228 cm³/mol. The van der Waals surface area contributed by atoms with E-state index in [0.717, 1.165) is 85.1 Å². The molecule has 0 radical (unpaired) electrons. The van der Waals surface area contributed by atoms with Crippen LogP contribution < -0.4 is 9.47 Å². The Hall–Kier alpha value is -5.18. The smallest absolute Gasteiger partial charge is 0.278 e. The van der Waals surface area contributed by atoms with Crippen molar-refractivity contribution in [3.63, 3.8) is 0 Å². The number of nitrogens with zero attached hydrogens (tertiary/aromatic N) is 4. The third kappa shape index (κ3) is 10.8. The number of benzene rings is 4. The third-order valence-electron chi connectivity index (χ3n) is 9.51. The van der Waals surface area contributed by atoms with Crippen molar-refractivity contribution in [3.05, 3.63) is 141 Å². The number of amidine groups is 2. The van der Waals surface area contributed by atoms with E-state index in [1.165, 1.54) is 0 Å². The molecule has 4 aromatic carbocycles. The number of halogens is 2. The highest BCUT2D eigenvalue weighted by Gasteiger charge is 2.32. The van der Waals surface area contributed by atoms with Crippen molar-refractivity contribution in [2.24, 2.45) is 9.98 Å². The lowest BCUT2D eigenvalue weighted by Crippen LogP contribution is -2.34. The molecule has 56 heavy (non-hydrogen) atoms. The highest BCUT2D eigenvalue weighted by atomic mass is 35.5. The molecule has 0 unspecified atom stereocenters. The minimum absolute atomic E-state index is 0.136. The van der Waals surface area contributed by atoms with Gasteiger partial charge in [0.15, 0.2) is 0 Å². The van der Waals surface area contributed by atoms with Crippen molar-refractivity contribution in [1.82, 2.24) is 9.80 Å². The zero-order chi connectivity index (χ0) is 39.3. The molecule has 4 aromatic rings. The van der Waals surface area contributed by atoms with E-state index in [0.29, 0.717) is 59.4 Å². The van der Waals surface area contributed by atoms with Crippen LogP contribution in [-0.2, 0) is 9.59 Å². The lowest BCUT2D eigenvalue weighted by Gasteiger charge is -2.20. The molecule has 290 valence electrons. The van der Waals surface area contributed by atoms with Gasteiger partial charge in [0, 0.05) is 34.3 Å². The molecular weight excluding hydrogens is 743 g/mol. The van der Waals surface area contributed by atoms with Gasteiger partial charge in [0.25, 0.3) is 11.8 Å². The molecule has 0 aromatic heterocycles. The van der Waals surface area contributed by atoms with Crippen LogP contribution in [-0.4, -0.2) is 59.6 Å². The highest BCUT2D eigenvalue weighted by molar-refractivity contribution is 6.31. The molecule has 6 rings (SSSR count). The van der Waals surface area contributed by atoms with Crippen LogP contribution in [0.15, 0.2) is 118 Å². The van der Waals surface area contributed by atoms with Gasteiger partial charge < -0.3 is 9.47 Å². The van der Waals surface area contributed by atoms with E-state index in [9.17, 15) is 9.59 Å². The van der Waals surface area contributed by atoms with Crippen molar-refractivity contribution in [2.45, 2.75) is 65.2 Å². The molecule has 2 heterocycles. The average molecular weight is 792 g/mol. The molecule has 0 aliphatic carbocycles. The molecular formula is C46H48Cl2N4O4. The summed E-state index contributed by atoms with van der Waals surface area (Å²) in [4.78, 5) is 40.8. The van der Waals surface area contributed by atoms with Crippen LogP contribution in [0.3, 0.4) is 0 Å². The monoisotopic (exact) mass is 790 g/mol. The van der Waals surface area contributed by atoms with E-state index in [1.807, 2.05) is 72.8 Å². The average Bonchev–Trinajstić information content (AvgIpc) is 3.69. The number of ether oxygens (including phenoxy) is 2. The molecule has 2 amide bonds. The summed E-state index contributed by atoms with van der Waals surface area (Å²) >= 11 is 12.2. The second kappa shape index (κ2) is 20.1. The maximum Gasteiger partial charge on any atom is 0.278 e. The summed E-state index contributed by atoms with van der Waals surface area (Å²) in [6.07, 6.45) is 11.0. The van der Waals surface area contributed by atoms with E-state index in [4.69, 9.17) is 42.7 Å². The van der Waals surface area contributed by atoms with Gasteiger partial charge in [0.1, 0.15) is 34.6 Å². The Morgan fingerprint density at radius 2 is 0.893 bits per heavy atom. The first kappa shape index (κ1) is 40.5. The Kier molecular flexibility index (Phi) is 14.5. The predicted octanol–water partition coefficient (Wildman–Crippen LogP) is 10.9. The summed E-state index contributed by atoms with van der Waals surface area (Å²) in [6, 6.07) is 30.3. The van der Waals surface area contributed by atoms with Crippen molar-refractivity contribution in [2.75, 3.05) is 26.3 Å². The first-order valence-corrected chi connectivity index (χ1v) is 20.3. The first-order chi connectivity index (χ1) is 27.3. The molecule has 0 N–H and O–H groups in total. The zero-order valence-electron chi connectivity index (χ0n) is 32.1. The summed E-state index contributed by atoms with van der Waals surface area (Å²) < 4.78 is 11.7. The fraction of sp³-hybridized carbons (Fsp3) is 0.304. The fourth-order valence-electron chi connectivity index (χ4n) is 6.35. The molecule has 0 bridgehead atoms. The lowest BCUT2D eigenvalue weighted by atomic mass is 10.1. The Morgan fingerprint density at radius 1 is 0.518 bits per heavy atom. The van der Waals surface area contributed by atoms with Crippen LogP contribution in [0, 0.1) is 0 Å². The summed E-state index contributed by atoms with van der Waals surface area (Å²) in [5.41, 5.74) is 4.17. The summed E-state index contributed by atoms with van der Waals surface area (Å²) in [5.74, 6) is 2.57. The second-order valence-electron chi connectivity index (χ2n) is 13.8. The van der Waals surface area contributed by atoms with Gasteiger partial charge in [-0.05, 0) is 122 Å². The van der Waals surface area contributed by atoms with E-state index in [-0.39, 0.29) is 11.8 Å². The molecule has 0 atom stereocenters. The Bertz CT molecular complexity index is 1920. The largest absolute Gasteiger partial charge is 0.494 e. The van der Waals surface area contributed by atoms with Crippen molar-refractivity contribution in [1.29, 1.82) is 0 Å². The zero-order valence-corrected chi connectivity index (χ0v) is 33.6. The molecule has 0 spiro atoms. The van der Waals surface area contributed by atoms with Gasteiger partial charge in [0.05, 0.1) is 13.2 Å². The second-order valence-corrected chi connectivity index (χ2v) is 14.7. The minimum Gasteiger partial charge on any atom is -0.494 e. The quantitative estimate of drug-likeness (QED) is 0.0699. The molecule has 2 aliphatic heterocycles. The first-order valence-electron chi connectivity index (χ1n) is 19.5. The van der Waals surface area contributed by atoms with Crippen LogP contribution in [0.2, 0.25) is 10.0 Å². The molecule has 0 saturated heterocycles. The summed E-state index contributed by atoms with van der Waals surface area (Å²) in [7, 11) is 0. The van der Waals surface area contributed by atoms with Gasteiger partial charge in [-0.15, -0.1) is 0 Å². The summed E-state index contributed by atoms with van der Waals surface area (Å²) in [6.45, 7) is 6.63. The van der Waals surface area contributed by atoms with Crippen molar-refractivity contribution in [3.8, 4) is 11.5 Å². The van der Waals surface area contributed by atoms with Crippen LogP contribution in [0.4, 0.5) is 0 Å². The third-order valence-corrected chi connectivity index (χ3v) is 10.0. The van der Waals surface area contributed by atoms with Crippen molar-refractivity contribution >= 4 is 58.8 Å². The van der Waals surface area contributed by atoms with Gasteiger partial charge in [0.2, 0.25) is 0 Å². The number of hydrogen-bond acceptors (Lipinski definition) is 6. The van der Waals surface area contributed by atoms with E-state index in [2.05, 4.69) is 13.8 Å². The van der Waals surface area contributed by atoms with Gasteiger partial charge in [-0.2, -0.15) is 0 Å². The van der Waals surface area contributed by atoms with Crippen LogP contribution >= 0.6 is 23.2 Å². The van der Waals surface area contributed by atoms with Gasteiger partial charge in [-0.25, -0.2) is 9.98 Å². The van der Waals surface area contributed by atoms with Crippen LogP contribution in [0.5, 0.6) is 11.5 Å². The number of aliphatic imine (C=N–C) groups is 2. The number of carbonyl (C=O) groups excluding carboxylic acids is 2. The number of rotatable bonds is 19. The molecule has 0 fully saturated rings. The Balaban J connectivity index is 1.10. The molecule has 8 nitrogen and oxygen atoms in total. The van der Waals surface area contributed by atoms with Gasteiger partial charge in [-0.1, -0.05) is 87.0 Å². The van der Waals surface area contributed by atoms with Crippen LogP contribution in [0.25, 0.3) is 12.2 Å². The topological polar surface area (TPSA) is 83.8 Å². The summed E-state index contributed by atoms with van der Waals surface area (Å²) in [5, 5.41) is 1.26. The number of amides is 2. The van der Waals surface area contributed by atoms with E-state index in [1.54, 1.807) is 46.2 Å². The maximum atomic E-state index is 13.8. The Morgan fingerprint density at radius 3 is 1.25 bits per heavy atom. The lowest BCUT2D eigenvalue weighted by molar-refractivity contribution is -0.123. The number of carbonyl (C=O) groups is 2. The number of unbranched alkanes of at least 4 members (excludes halogenated alkanes) is 5. The number of hydrogen-bond donors (Lipinski definition) is 0. The molecule has 0 saturated carbocycles. The molecule has 2 aliphatic rings. The van der Waals surface area contributed by atoms with E-state index >= 15 is 0 Å². The normalized spacial score (nSPS) is 15.6. The van der Waals surface area contributed by atoms with Crippen LogP contribution in [0.1, 0.15) is 87.5 Å². The Labute approximate surface area is 340 Å².